The van der Waals surface area contributed by atoms with Gasteiger partial charge in [-0.25, -0.2) is 14.8 Å². The Kier molecular flexibility index (Phi) is 3.96. The number of benzene rings is 2. The molecule has 5 nitrogen and oxygen atoms in total. The molecule has 0 bridgehead atoms. The molecule has 0 saturated carbocycles. The van der Waals surface area contributed by atoms with Gasteiger partial charge in [-0.15, -0.1) is 0 Å². The molecule has 2 heterocycles. The highest BCUT2D eigenvalue weighted by molar-refractivity contribution is 5.83. The van der Waals surface area contributed by atoms with Gasteiger partial charge in [0.15, 0.2) is 5.65 Å². The predicted molar refractivity (Wildman–Crippen MR) is 99.1 cm³/mol. The third-order valence-corrected chi connectivity index (χ3v) is 4.01. The molecule has 1 N–H and O–H groups in total. The van der Waals surface area contributed by atoms with Gasteiger partial charge in [-0.05, 0) is 17.2 Å². The molecule has 25 heavy (non-hydrogen) atoms. The SMILES string of the molecule is O=c1[nH]c2c(/C=C/c3ccccc3)ncnc2n1Cc1ccccc1. The van der Waals surface area contributed by atoms with Gasteiger partial charge in [-0.2, -0.15) is 0 Å². The minimum Gasteiger partial charge on any atom is -0.302 e. The van der Waals surface area contributed by atoms with Gasteiger partial charge in [0.05, 0.1) is 12.2 Å². The molecular formula is C20H16N4O. The van der Waals surface area contributed by atoms with E-state index in [9.17, 15) is 4.79 Å². The van der Waals surface area contributed by atoms with Gasteiger partial charge in [0.2, 0.25) is 0 Å². The van der Waals surface area contributed by atoms with Crippen LogP contribution in [0.2, 0.25) is 0 Å². The van der Waals surface area contributed by atoms with Crippen molar-refractivity contribution in [2.24, 2.45) is 0 Å². The number of hydrogen-bond donors (Lipinski definition) is 1. The van der Waals surface area contributed by atoms with Crippen molar-refractivity contribution in [1.82, 2.24) is 19.5 Å². The number of fused-ring (bicyclic) bond motifs is 1. The fraction of sp³-hybridized carbons (Fsp3) is 0.0500. The van der Waals surface area contributed by atoms with Gasteiger partial charge < -0.3 is 4.98 Å². The Balaban J connectivity index is 1.75. The summed E-state index contributed by atoms with van der Waals surface area (Å²) in [4.78, 5) is 23.9. The molecule has 0 fully saturated rings. The summed E-state index contributed by atoms with van der Waals surface area (Å²) in [6.45, 7) is 0.471. The Labute approximate surface area is 144 Å². The van der Waals surface area contributed by atoms with Crippen molar-refractivity contribution in [3.63, 3.8) is 0 Å². The second-order valence-electron chi connectivity index (χ2n) is 5.70. The second kappa shape index (κ2) is 6.57. The molecule has 0 atom stereocenters. The highest BCUT2D eigenvalue weighted by Crippen LogP contribution is 2.15. The number of aromatic nitrogens is 4. The van der Waals surface area contributed by atoms with Crippen LogP contribution in [0.5, 0.6) is 0 Å². The molecule has 0 radical (unpaired) electrons. The number of rotatable bonds is 4. The van der Waals surface area contributed by atoms with E-state index in [1.54, 1.807) is 4.57 Å². The Morgan fingerprint density at radius 3 is 2.40 bits per heavy atom. The van der Waals surface area contributed by atoms with Crippen molar-refractivity contribution in [2.75, 3.05) is 0 Å². The van der Waals surface area contributed by atoms with Crippen LogP contribution in [0.15, 0.2) is 71.8 Å². The molecular weight excluding hydrogens is 312 g/mol. The summed E-state index contributed by atoms with van der Waals surface area (Å²) >= 11 is 0. The molecule has 2 aromatic carbocycles. The molecule has 2 aromatic heterocycles. The Bertz CT molecular complexity index is 1080. The van der Waals surface area contributed by atoms with Crippen LogP contribution in [0.4, 0.5) is 0 Å². The van der Waals surface area contributed by atoms with E-state index in [1.165, 1.54) is 6.33 Å². The maximum absolute atomic E-state index is 12.4. The molecule has 0 aliphatic heterocycles. The van der Waals surface area contributed by atoms with Crippen LogP contribution in [0.25, 0.3) is 23.3 Å². The molecule has 0 aliphatic carbocycles. The molecule has 4 aromatic rings. The van der Waals surface area contributed by atoms with Crippen LogP contribution in [-0.2, 0) is 6.54 Å². The first kappa shape index (κ1) is 15.1. The van der Waals surface area contributed by atoms with Crippen molar-refractivity contribution >= 4 is 23.3 Å². The maximum atomic E-state index is 12.4. The number of nitrogens with zero attached hydrogens (tertiary/aromatic N) is 3. The average Bonchev–Trinajstić information content (AvgIpc) is 2.98. The Morgan fingerprint density at radius 2 is 1.64 bits per heavy atom. The van der Waals surface area contributed by atoms with Gasteiger partial charge in [0.25, 0.3) is 0 Å². The summed E-state index contributed by atoms with van der Waals surface area (Å²) in [5.74, 6) is 0. The predicted octanol–water partition coefficient (Wildman–Crippen LogP) is 3.34. The van der Waals surface area contributed by atoms with Gasteiger partial charge in [-0.3, -0.25) is 4.57 Å². The van der Waals surface area contributed by atoms with E-state index < -0.39 is 0 Å². The standard InChI is InChI=1S/C20H16N4O/c25-20-23-18-17(12-11-15-7-3-1-4-8-15)21-14-22-19(18)24(20)13-16-9-5-2-6-10-16/h1-12,14H,13H2,(H,23,25)/b12-11+. The maximum Gasteiger partial charge on any atom is 0.328 e. The summed E-state index contributed by atoms with van der Waals surface area (Å²) in [7, 11) is 0. The number of H-pyrrole nitrogens is 1. The lowest BCUT2D eigenvalue weighted by atomic mass is 10.2. The molecule has 0 amide bonds. The summed E-state index contributed by atoms with van der Waals surface area (Å²) in [5, 5.41) is 0. The van der Waals surface area contributed by atoms with E-state index >= 15 is 0 Å². The van der Waals surface area contributed by atoms with E-state index in [4.69, 9.17) is 0 Å². The molecule has 0 saturated heterocycles. The number of imidazole rings is 1. The molecule has 0 aliphatic rings. The van der Waals surface area contributed by atoms with Gasteiger partial charge in [0, 0.05) is 0 Å². The van der Waals surface area contributed by atoms with Gasteiger partial charge in [0.1, 0.15) is 11.8 Å². The fourth-order valence-electron chi connectivity index (χ4n) is 2.76. The minimum atomic E-state index is -0.186. The van der Waals surface area contributed by atoms with Crippen LogP contribution in [0.3, 0.4) is 0 Å². The summed E-state index contributed by atoms with van der Waals surface area (Å²) in [6.07, 6.45) is 5.35. The molecule has 0 unspecified atom stereocenters. The quantitative estimate of drug-likeness (QED) is 0.625. The highest BCUT2D eigenvalue weighted by atomic mass is 16.1. The highest BCUT2D eigenvalue weighted by Gasteiger charge is 2.11. The lowest BCUT2D eigenvalue weighted by Crippen LogP contribution is -2.17. The first-order valence-electron chi connectivity index (χ1n) is 8.02. The monoisotopic (exact) mass is 328 g/mol. The topological polar surface area (TPSA) is 63.6 Å². The van der Waals surface area contributed by atoms with Crippen LogP contribution in [0, 0.1) is 0 Å². The first-order valence-corrected chi connectivity index (χ1v) is 8.02. The largest absolute Gasteiger partial charge is 0.328 e. The van der Waals surface area contributed by atoms with E-state index in [0.717, 1.165) is 11.1 Å². The van der Waals surface area contributed by atoms with Crippen LogP contribution in [0.1, 0.15) is 16.8 Å². The second-order valence-corrected chi connectivity index (χ2v) is 5.70. The molecule has 5 heteroatoms. The third kappa shape index (κ3) is 3.12. The first-order chi connectivity index (χ1) is 12.3. The van der Waals surface area contributed by atoms with Crippen LogP contribution in [-0.4, -0.2) is 19.5 Å². The van der Waals surface area contributed by atoms with Gasteiger partial charge >= 0.3 is 5.69 Å². The van der Waals surface area contributed by atoms with Crippen molar-refractivity contribution in [1.29, 1.82) is 0 Å². The third-order valence-electron chi connectivity index (χ3n) is 4.01. The number of aromatic amines is 1. The minimum absolute atomic E-state index is 0.186. The number of hydrogen-bond acceptors (Lipinski definition) is 3. The van der Waals surface area contributed by atoms with Crippen molar-refractivity contribution in [3.05, 3.63) is 94.3 Å². The van der Waals surface area contributed by atoms with Crippen molar-refractivity contribution < 1.29 is 0 Å². The normalized spacial score (nSPS) is 11.4. The van der Waals surface area contributed by atoms with E-state index in [0.29, 0.717) is 23.4 Å². The molecule has 122 valence electrons. The zero-order valence-corrected chi connectivity index (χ0v) is 13.5. The van der Waals surface area contributed by atoms with Crippen LogP contribution < -0.4 is 5.69 Å². The lowest BCUT2D eigenvalue weighted by molar-refractivity contribution is 0.777. The van der Waals surface area contributed by atoms with Crippen molar-refractivity contribution in [2.45, 2.75) is 6.54 Å². The lowest BCUT2D eigenvalue weighted by Gasteiger charge is -2.03. The van der Waals surface area contributed by atoms with E-state index in [2.05, 4.69) is 15.0 Å². The molecule has 0 spiro atoms. The average molecular weight is 328 g/mol. The summed E-state index contributed by atoms with van der Waals surface area (Å²) < 4.78 is 1.63. The van der Waals surface area contributed by atoms with E-state index in [1.807, 2.05) is 72.8 Å². The van der Waals surface area contributed by atoms with Crippen molar-refractivity contribution in [3.8, 4) is 0 Å². The van der Waals surface area contributed by atoms with E-state index in [-0.39, 0.29) is 5.69 Å². The fourth-order valence-corrected chi connectivity index (χ4v) is 2.76. The van der Waals surface area contributed by atoms with Gasteiger partial charge in [-0.1, -0.05) is 66.7 Å². The number of nitrogens with one attached hydrogen (secondary N) is 1. The smallest absolute Gasteiger partial charge is 0.302 e. The molecule has 4 rings (SSSR count). The zero-order chi connectivity index (χ0) is 17.1. The Morgan fingerprint density at radius 1 is 0.920 bits per heavy atom. The zero-order valence-electron chi connectivity index (χ0n) is 13.5. The summed E-state index contributed by atoms with van der Waals surface area (Å²) in [5.41, 5.74) is 3.88. The van der Waals surface area contributed by atoms with Crippen LogP contribution >= 0.6 is 0 Å². The Hall–Kier alpha value is -3.47. The summed E-state index contributed by atoms with van der Waals surface area (Å²) in [6, 6.07) is 19.8.